The van der Waals surface area contributed by atoms with Gasteiger partial charge in [0.1, 0.15) is 0 Å². The maximum absolute atomic E-state index is 12.1. The van der Waals surface area contributed by atoms with Crippen LogP contribution in [-0.4, -0.2) is 42.6 Å². The van der Waals surface area contributed by atoms with Gasteiger partial charge in [0.05, 0.1) is 10.9 Å². The first kappa shape index (κ1) is 16.5. The van der Waals surface area contributed by atoms with Crippen molar-refractivity contribution in [3.05, 3.63) is 17.5 Å². The molecule has 1 atom stereocenters. The lowest BCUT2D eigenvalue weighted by molar-refractivity contribution is 0.534. The molecule has 7 heteroatoms. The molecule has 0 aromatic carbocycles. The second kappa shape index (κ2) is 6.89. The molecular weight excluding hydrogens is 288 g/mol. The van der Waals surface area contributed by atoms with Crippen molar-refractivity contribution in [2.75, 3.05) is 13.1 Å². The highest BCUT2D eigenvalue weighted by Gasteiger charge is 2.25. The molecule has 2 rings (SSSR count). The minimum Gasteiger partial charge on any atom is -0.313 e. The van der Waals surface area contributed by atoms with Crippen molar-refractivity contribution < 1.29 is 8.42 Å². The first-order chi connectivity index (χ1) is 9.88. The van der Waals surface area contributed by atoms with E-state index in [1.54, 1.807) is 6.92 Å². The lowest BCUT2D eigenvalue weighted by Crippen LogP contribution is -2.40. The maximum Gasteiger partial charge on any atom is 0.215 e. The molecule has 0 radical (unpaired) electrons. The molecule has 0 bridgehead atoms. The van der Waals surface area contributed by atoms with Gasteiger partial charge in [0.15, 0.2) is 0 Å². The van der Waals surface area contributed by atoms with E-state index in [1.807, 2.05) is 24.6 Å². The van der Waals surface area contributed by atoms with Gasteiger partial charge < -0.3 is 5.32 Å². The van der Waals surface area contributed by atoms with Crippen molar-refractivity contribution in [3.63, 3.8) is 0 Å². The predicted octanol–water partition coefficient (Wildman–Crippen LogP) is 0.950. The summed E-state index contributed by atoms with van der Waals surface area (Å²) in [7, 11) is -3.23. The Hall–Kier alpha value is -0.920. The molecule has 0 saturated heterocycles. The fraction of sp³-hybridized carbons (Fsp3) is 0.786. The number of hydrogen-bond donors (Lipinski definition) is 2. The Bertz CT molecular complexity index is 564. The molecule has 0 aliphatic heterocycles. The van der Waals surface area contributed by atoms with Crippen LogP contribution in [-0.2, 0) is 16.6 Å². The molecular formula is C14H26N4O2S. The maximum atomic E-state index is 12.1. The number of hydrogen-bond acceptors (Lipinski definition) is 4. The average Bonchev–Trinajstić information content (AvgIpc) is 3.18. The van der Waals surface area contributed by atoms with E-state index < -0.39 is 15.3 Å². The molecule has 0 spiro atoms. The molecule has 0 amide bonds. The lowest BCUT2D eigenvalue weighted by Gasteiger charge is -2.14. The van der Waals surface area contributed by atoms with E-state index in [0.29, 0.717) is 19.1 Å². The van der Waals surface area contributed by atoms with E-state index >= 15 is 0 Å². The van der Waals surface area contributed by atoms with Gasteiger partial charge >= 0.3 is 0 Å². The van der Waals surface area contributed by atoms with Crippen LogP contribution in [0.5, 0.6) is 0 Å². The van der Waals surface area contributed by atoms with Crippen molar-refractivity contribution in [1.29, 1.82) is 0 Å². The Morgan fingerprint density at radius 1 is 1.43 bits per heavy atom. The monoisotopic (exact) mass is 314 g/mol. The Morgan fingerprint density at radius 2 is 2.14 bits per heavy atom. The van der Waals surface area contributed by atoms with Gasteiger partial charge in [-0.1, -0.05) is 0 Å². The highest BCUT2D eigenvalue weighted by Crippen LogP contribution is 2.18. The summed E-state index contributed by atoms with van der Waals surface area (Å²) in [6, 6.07) is 2.56. The molecule has 1 unspecified atom stereocenters. The molecule has 1 saturated carbocycles. The van der Waals surface area contributed by atoms with Crippen LogP contribution in [0.1, 0.15) is 37.6 Å². The fourth-order valence-electron chi connectivity index (χ4n) is 2.22. The standard InChI is InChI=1S/C14H26N4O2S/c1-11-9-12(2)18(17-11)8-4-7-16-21(19,20)13(3)10-15-14-5-6-14/h9,13-16H,4-8,10H2,1-3H3. The normalized spacial score (nSPS) is 17.1. The van der Waals surface area contributed by atoms with Crippen LogP contribution in [0.25, 0.3) is 0 Å². The molecule has 21 heavy (non-hydrogen) atoms. The molecule has 1 aliphatic rings. The third-order valence-electron chi connectivity index (χ3n) is 3.75. The van der Waals surface area contributed by atoms with Gasteiger partial charge in [-0.25, -0.2) is 13.1 Å². The predicted molar refractivity (Wildman–Crippen MR) is 83.7 cm³/mol. The second-order valence-corrected chi connectivity index (χ2v) is 8.12. The third-order valence-corrected chi connectivity index (χ3v) is 5.59. The average molecular weight is 314 g/mol. The number of nitrogens with zero attached hydrogens (tertiary/aromatic N) is 2. The summed E-state index contributed by atoms with van der Waals surface area (Å²) in [5.74, 6) is 0. The summed E-state index contributed by atoms with van der Waals surface area (Å²) in [4.78, 5) is 0. The molecule has 2 N–H and O–H groups in total. The van der Waals surface area contributed by atoms with E-state index in [9.17, 15) is 8.42 Å². The van der Waals surface area contributed by atoms with Crippen molar-refractivity contribution in [3.8, 4) is 0 Å². The van der Waals surface area contributed by atoms with Crippen LogP contribution in [0.4, 0.5) is 0 Å². The largest absolute Gasteiger partial charge is 0.313 e. The topological polar surface area (TPSA) is 76.0 Å². The summed E-state index contributed by atoms with van der Waals surface area (Å²) < 4.78 is 28.8. The molecule has 1 fully saturated rings. The van der Waals surface area contributed by atoms with E-state index in [2.05, 4.69) is 15.1 Å². The third kappa shape index (κ3) is 5.09. The first-order valence-corrected chi connectivity index (χ1v) is 9.16. The SMILES string of the molecule is Cc1cc(C)n(CCCNS(=O)(=O)C(C)CNC2CC2)n1. The fourth-order valence-corrected chi connectivity index (χ4v) is 3.25. The number of rotatable bonds is 9. The van der Waals surface area contributed by atoms with Crippen LogP contribution in [0.2, 0.25) is 0 Å². The van der Waals surface area contributed by atoms with Crippen LogP contribution in [0.15, 0.2) is 6.07 Å². The zero-order valence-corrected chi connectivity index (χ0v) is 13.9. The summed E-state index contributed by atoms with van der Waals surface area (Å²) in [5.41, 5.74) is 2.10. The highest BCUT2D eigenvalue weighted by atomic mass is 32.2. The number of aromatic nitrogens is 2. The Labute approximate surface area is 127 Å². The first-order valence-electron chi connectivity index (χ1n) is 7.61. The Balaban J connectivity index is 1.69. The van der Waals surface area contributed by atoms with Gasteiger partial charge in [-0.15, -0.1) is 0 Å². The second-order valence-electron chi connectivity index (χ2n) is 5.94. The van der Waals surface area contributed by atoms with Crippen LogP contribution >= 0.6 is 0 Å². The molecule has 1 aromatic rings. The molecule has 1 aromatic heterocycles. The van der Waals surface area contributed by atoms with Gasteiger partial charge in [0, 0.05) is 31.4 Å². The number of sulfonamides is 1. The van der Waals surface area contributed by atoms with Crippen LogP contribution in [0, 0.1) is 13.8 Å². The zero-order chi connectivity index (χ0) is 15.5. The molecule has 1 aliphatic carbocycles. The summed E-state index contributed by atoms with van der Waals surface area (Å²) in [6.07, 6.45) is 3.08. The van der Waals surface area contributed by atoms with Crippen molar-refractivity contribution >= 4 is 10.0 Å². The van der Waals surface area contributed by atoms with Crippen LogP contribution in [0.3, 0.4) is 0 Å². The van der Waals surface area contributed by atoms with E-state index in [0.717, 1.165) is 24.4 Å². The van der Waals surface area contributed by atoms with Gasteiger partial charge in [0.2, 0.25) is 10.0 Å². The number of nitrogens with one attached hydrogen (secondary N) is 2. The van der Waals surface area contributed by atoms with E-state index in [1.165, 1.54) is 12.8 Å². The van der Waals surface area contributed by atoms with Crippen molar-refractivity contribution in [2.24, 2.45) is 0 Å². The highest BCUT2D eigenvalue weighted by molar-refractivity contribution is 7.90. The quantitative estimate of drug-likeness (QED) is 0.666. The molecule has 120 valence electrons. The molecule has 6 nitrogen and oxygen atoms in total. The van der Waals surface area contributed by atoms with Crippen molar-refractivity contribution in [1.82, 2.24) is 19.8 Å². The Kier molecular flexibility index (Phi) is 5.40. The minimum absolute atomic E-state index is 0.396. The van der Waals surface area contributed by atoms with E-state index in [4.69, 9.17) is 0 Å². The Morgan fingerprint density at radius 3 is 2.71 bits per heavy atom. The van der Waals surface area contributed by atoms with Gasteiger partial charge in [-0.2, -0.15) is 5.10 Å². The van der Waals surface area contributed by atoms with Gasteiger partial charge in [-0.05, 0) is 46.1 Å². The summed E-state index contributed by atoms with van der Waals surface area (Å²) in [5, 5.41) is 7.22. The van der Waals surface area contributed by atoms with Gasteiger partial charge in [-0.3, -0.25) is 4.68 Å². The smallest absolute Gasteiger partial charge is 0.215 e. The minimum atomic E-state index is -3.23. The lowest BCUT2D eigenvalue weighted by atomic mass is 10.4. The summed E-state index contributed by atoms with van der Waals surface area (Å²) >= 11 is 0. The van der Waals surface area contributed by atoms with Crippen LogP contribution < -0.4 is 10.0 Å². The van der Waals surface area contributed by atoms with Gasteiger partial charge in [0.25, 0.3) is 0 Å². The van der Waals surface area contributed by atoms with Crippen molar-refractivity contribution in [2.45, 2.75) is 57.9 Å². The van der Waals surface area contributed by atoms with E-state index in [-0.39, 0.29) is 0 Å². The summed E-state index contributed by atoms with van der Waals surface area (Å²) in [6.45, 7) is 7.43. The zero-order valence-electron chi connectivity index (χ0n) is 13.1. The number of aryl methyl sites for hydroxylation is 3. The molecule has 1 heterocycles.